The summed E-state index contributed by atoms with van der Waals surface area (Å²) in [6.07, 6.45) is 18.9. The van der Waals surface area contributed by atoms with Gasteiger partial charge in [0.25, 0.3) is 0 Å². The predicted octanol–water partition coefficient (Wildman–Crippen LogP) is 12.8. The first-order chi connectivity index (χ1) is 69.4. The van der Waals surface area contributed by atoms with Crippen LogP contribution in [-0.4, -0.2) is 232 Å². The van der Waals surface area contributed by atoms with Gasteiger partial charge in [-0.1, -0.05) is 28.8 Å². The zero-order chi connectivity index (χ0) is 107. The molecule has 18 rings (SSSR count). The molecule has 4 saturated heterocycles. The maximum Gasteiger partial charge on any atom is 0.390 e. The summed E-state index contributed by atoms with van der Waals surface area (Å²) in [4.78, 5) is 58.4. The number of piperidine rings is 4. The van der Waals surface area contributed by atoms with Gasteiger partial charge in [-0.25, -0.2) is 39.9 Å². The molecule has 30 nitrogen and oxygen atoms in total. The second-order valence-electron chi connectivity index (χ2n) is 34.3. The maximum absolute atomic E-state index is 12.7. The predicted molar refractivity (Wildman–Crippen MR) is 496 cm³/mol. The van der Waals surface area contributed by atoms with Gasteiger partial charge in [0.2, 0.25) is 23.8 Å². The summed E-state index contributed by atoms with van der Waals surface area (Å²) in [5, 5.41) is 49.6. The minimum atomic E-state index is -4.21. The molecule has 133 heavy (non-hydrogen) atoms. The summed E-state index contributed by atoms with van der Waals surface area (Å²) in [5.74, 6) is 24.8. The summed E-state index contributed by atoms with van der Waals surface area (Å²) < 4.78 is 201. The van der Waals surface area contributed by atoms with E-state index >= 15 is 0 Å². The first kappa shape index (κ1) is 76.5. The van der Waals surface area contributed by atoms with Crippen molar-refractivity contribution < 1.29 is 71.9 Å². The summed E-state index contributed by atoms with van der Waals surface area (Å²) in [6, 6.07) is 15.4. The number of anilines is 4. The van der Waals surface area contributed by atoms with Crippen LogP contribution in [0.3, 0.4) is 0 Å². The number of aliphatic hydroxyl groups is 4. The van der Waals surface area contributed by atoms with E-state index in [1.165, 1.54) is 41.3 Å². The van der Waals surface area contributed by atoms with E-state index in [2.05, 4.69) is 119 Å². The number of likely N-dealkylation sites (tertiary alicyclic amines) is 4. The van der Waals surface area contributed by atoms with Gasteiger partial charge in [-0.05, 0) is 303 Å². The van der Waals surface area contributed by atoms with E-state index in [9.17, 15) is 46.8 Å². The monoisotopic (exact) mass is 1830 g/mol. The van der Waals surface area contributed by atoms with Crippen molar-refractivity contribution in [2.45, 2.75) is 184 Å². The molecule has 12 N–H and O–H groups in total. The largest absolute Gasteiger partial charge is 0.390 e. The standard InChI is InChI=1S/C26H29F3N6O.C25H27N7O2.C24H27F3N6O.C22H26N6O/c1-25(36,18-2-3-18)8-4-19-14-22-20(15-32-19)21(16-35(22)23-5-10-31-24(30)33-23)17-6-11-34(12-7-17)13-9-26(27,28)29;1-16-12-22(30-34-16)25(2,33)8-4-18-13-21-19(14-28-18)20(17-6-10-31(3)11-7-17)15-32(21)23-5-9-27-24(26)29-23;1-23(2,34)7-3-17-13-20-18(14-30-17)19(15-33(20)21-4-9-29-22(28)31-21)16-5-10-32(11-6-16)12-8-24(25,26)27;1-22(2,29)8-4-16-12-19-17(13-25-16)18(15-6-10-27(3)11-7-15)14-28(19)20-5-9-24-21(23)26-20/h5,10,14-18,36H,2-3,6-7,9,11-13H2,1H3,(H2,30,31,33);5,9,12-15,17,33H,6-7,10-11H2,1-3H3,(H2,26,27,29);4,9,13-16,34H,5-6,8,10-12H2,1-2H3,(H2,28,29,31);5,9,12-15,29H,6-7,10-11H2,1-3H3,(H2,23,24,26)/i;;1D3,2D3;1D3,2D3,3D3. The Kier molecular flexibility index (Phi) is 22.7. The number of halogens is 6. The minimum absolute atomic E-state index is 0.00863. The van der Waals surface area contributed by atoms with Crippen LogP contribution in [0.5, 0.6) is 0 Å². The van der Waals surface area contributed by atoms with E-state index in [-0.39, 0.29) is 71.9 Å². The van der Waals surface area contributed by atoms with Gasteiger partial charge < -0.3 is 85.8 Å². The van der Waals surface area contributed by atoms with Crippen LogP contribution in [0.4, 0.5) is 50.1 Å². The first-order valence-corrected chi connectivity index (χ1v) is 43.3. The number of rotatable bonds is 14. The second kappa shape index (κ2) is 39.4. The molecule has 5 aliphatic rings. The minimum Gasteiger partial charge on any atom is -0.378 e. The Balaban J connectivity index is 0.000000148. The Labute approximate surface area is 787 Å². The summed E-state index contributed by atoms with van der Waals surface area (Å²) >= 11 is 0. The molecule has 1 aliphatic carbocycles. The second-order valence-corrected chi connectivity index (χ2v) is 34.3. The van der Waals surface area contributed by atoms with Gasteiger partial charge in [-0.15, -0.1) is 0 Å². The molecule has 0 spiro atoms. The fraction of sp³-hybridized carbons (Fsp3) is 0.433. The molecule has 5 fully saturated rings. The Bertz CT molecular complexity index is 7230. The third kappa shape index (κ3) is 24.3. The zero-order valence-corrected chi connectivity index (χ0v) is 73.2. The lowest BCUT2D eigenvalue weighted by molar-refractivity contribution is -0.139. The van der Waals surface area contributed by atoms with E-state index in [4.69, 9.17) is 48.0 Å². The quantitative estimate of drug-likeness (QED) is 0.0370. The van der Waals surface area contributed by atoms with Gasteiger partial charge in [0.15, 0.2) is 5.60 Å². The Morgan fingerprint density at radius 1 is 0.421 bits per heavy atom. The lowest BCUT2D eigenvalue weighted by Crippen LogP contribution is -2.35. The molecule has 2 unspecified atom stereocenters. The van der Waals surface area contributed by atoms with E-state index in [1.807, 2.05) is 68.9 Å². The summed E-state index contributed by atoms with van der Waals surface area (Å²) in [7, 11) is 2.16. The Morgan fingerprint density at radius 2 is 0.729 bits per heavy atom. The summed E-state index contributed by atoms with van der Waals surface area (Å²) in [5.41, 5.74) is 22.8. The van der Waals surface area contributed by atoms with Crippen LogP contribution in [0.2, 0.25) is 0 Å². The van der Waals surface area contributed by atoms with Crippen molar-refractivity contribution >= 4 is 67.4 Å². The highest BCUT2D eigenvalue weighted by atomic mass is 19.4. The normalized spacial score (nSPS) is 19.2. The van der Waals surface area contributed by atoms with Crippen LogP contribution in [-0.2, 0) is 5.60 Å². The van der Waals surface area contributed by atoms with Crippen LogP contribution in [0.15, 0.2) is 133 Å². The van der Waals surface area contributed by atoms with E-state index in [0.717, 1.165) is 95.5 Å². The number of hydrogen-bond donors (Lipinski definition) is 8. The average molecular weight is 1830 g/mol. The molecule has 13 aromatic rings. The van der Waals surface area contributed by atoms with Crippen molar-refractivity contribution in [2.24, 2.45) is 5.92 Å². The van der Waals surface area contributed by atoms with Crippen molar-refractivity contribution in [1.82, 2.24) is 103 Å². The van der Waals surface area contributed by atoms with Crippen molar-refractivity contribution in [3.8, 4) is 70.6 Å². The molecule has 0 radical (unpaired) electrons. The number of aromatic nitrogens is 17. The topological polar surface area (TPSA) is 398 Å². The first-order valence-electron chi connectivity index (χ1n) is 50.8. The average Bonchev–Trinajstić information content (AvgIpc) is 1.64. The van der Waals surface area contributed by atoms with Gasteiger partial charge in [0.05, 0.1) is 34.9 Å². The molecule has 13 aromatic heterocycles. The number of alkyl halides is 6. The smallest absolute Gasteiger partial charge is 0.378 e. The van der Waals surface area contributed by atoms with Crippen LogP contribution in [0.25, 0.3) is 66.9 Å². The number of fused-ring (bicyclic) bond motifs is 4. The van der Waals surface area contributed by atoms with Crippen LogP contribution < -0.4 is 22.9 Å². The fourth-order valence-corrected chi connectivity index (χ4v) is 17.0. The molecule has 0 bridgehead atoms. The number of nitrogens with two attached hydrogens (primary N) is 4. The lowest BCUT2D eigenvalue weighted by Gasteiger charge is -2.32. The van der Waals surface area contributed by atoms with E-state index < -0.39 is 82.0 Å². The van der Waals surface area contributed by atoms with E-state index in [0.29, 0.717) is 133 Å². The number of nitrogens with zero attached hydrogens (tertiary/aromatic N) is 21. The molecule has 0 aromatic carbocycles. The van der Waals surface area contributed by atoms with Crippen LogP contribution in [0.1, 0.15) is 219 Å². The van der Waals surface area contributed by atoms with Crippen molar-refractivity contribution in [2.75, 3.05) is 102 Å². The SMILES string of the molecule is CC(O)(C#Cc1cc2c(cn1)c(C1CCN(CCC(F)(F)F)CC1)cn2-c1ccnc(N)n1)C1CC1.Cc1cc(C(C)(O)C#Cc2cc3c(cn2)c(C2CCN(C)CC2)cn3-c2ccnc(N)n2)no1.[2H]C([2H])([2H])C(O)(C#Cc1cc2c(cn1)c(C1CCN(CCC(F)(F)F)CC1)cn2-c1ccnc(N)n1)C([2H])([2H])[2H].[2H]C([2H])([2H])N1CCC(c2cn(-c3ccnc(N)n3)c3cc(C#CC(O)(C([2H])([2H])[2H])C([2H])([2H])[2H])ncc23)CC1. The third-order valence-corrected chi connectivity index (χ3v) is 24.2. The Hall–Kier alpha value is -13.0. The molecular formula is C97H109F6N25O5. The number of nitrogen functional groups attached to an aromatic ring is 4. The van der Waals surface area contributed by atoms with Gasteiger partial charge >= 0.3 is 12.4 Å². The van der Waals surface area contributed by atoms with Gasteiger partial charge in [-0.3, -0.25) is 0 Å². The number of aryl methyl sites for hydroxylation is 1. The van der Waals surface area contributed by atoms with Crippen molar-refractivity contribution in [3.63, 3.8) is 0 Å². The highest BCUT2D eigenvalue weighted by Gasteiger charge is 2.39. The lowest BCUT2D eigenvalue weighted by atomic mass is 9.89. The molecule has 694 valence electrons. The zero-order valence-electron chi connectivity index (χ0n) is 88.2. The molecule has 2 atom stereocenters. The molecular weight excluding hydrogens is 1710 g/mol. The number of hydrogen-bond acceptors (Lipinski definition) is 26. The van der Waals surface area contributed by atoms with Crippen LogP contribution >= 0.6 is 0 Å². The van der Waals surface area contributed by atoms with Gasteiger partial charge in [0.1, 0.15) is 74.3 Å². The molecule has 0 amide bonds. The third-order valence-electron chi connectivity index (χ3n) is 24.2. The van der Waals surface area contributed by atoms with Crippen LogP contribution in [0, 0.1) is 60.2 Å². The number of pyridine rings is 4. The molecule has 36 heteroatoms. The molecule has 17 heterocycles. The fourth-order valence-electron chi connectivity index (χ4n) is 17.0. The van der Waals surface area contributed by atoms with Crippen molar-refractivity contribution in [1.29, 1.82) is 0 Å². The van der Waals surface area contributed by atoms with E-state index in [1.54, 1.807) is 83.7 Å². The molecule has 1 saturated carbocycles. The Morgan fingerprint density at radius 3 is 1.02 bits per heavy atom. The van der Waals surface area contributed by atoms with Gasteiger partial charge in [0, 0.05) is 136 Å². The molecule has 4 aliphatic heterocycles. The highest BCUT2D eigenvalue weighted by molar-refractivity contribution is 5.89. The van der Waals surface area contributed by atoms with Crippen molar-refractivity contribution in [3.05, 3.63) is 185 Å². The van der Waals surface area contributed by atoms with Gasteiger partial charge in [-0.2, -0.15) is 46.3 Å². The maximum atomic E-state index is 12.7. The highest BCUT2D eigenvalue weighted by Crippen LogP contribution is 2.43. The summed E-state index contributed by atoms with van der Waals surface area (Å²) in [6.45, 7) is -5.15.